The van der Waals surface area contributed by atoms with Gasteiger partial charge in [0.25, 0.3) is 5.91 Å². The van der Waals surface area contributed by atoms with Crippen molar-refractivity contribution < 1.29 is 18.7 Å². The molecule has 0 radical (unpaired) electrons. The molecular formula is C30H31FN2O3. The van der Waals surface area contributed by atoms with Crippen molar-refractivity contribution in [2.45, 2.75) is 45.1 Å². The highest BCUT2D eigenvalue weighted by Gasteiger charge is 2.36. The number of amides is 2. The van der Waals surface area contributed by atoms with Gasteiger partial charge in [-0.2, -0.15) is 0 Å². The third-order valence-corrected chi connectivity index (χ3v) is 7.19. The molecule has 1 heterocycles. The van der Waals surface area contributed by atoms with Gasteiger partial charge in [0.2, 0.25) is 5.91 Å². The van der Waals surface area contributed by atoms with Crippen molar-refractivity contribution in [3.8, 4) is 5.75 Å². The highest BCUT2D eigenvalue weighted by Crippen LogP contribution is 2.39. The lowest BCUT2D eigenvalue weighted by Crippen LogP contribution is -2.43. The Hall–Kier alpha value is -3.67. The number of halogens is 1. The molecule has 0 bridgehead atoms. The van der Waals surface area contributed by atoms with E-state index in [-0.39, 0.29) is 36.2 Å². The van der Waals surface area contributed by atoms with Gasteiger partial charge < -0.3 is 15.0 Å². The summed E-state index contributed by atoms with van der Waals surface area (Å²) in [6, 6.07) is 19.7. The largest absolute Gasteiger partial charge is 0.484 e. The van der Waals surface area contributed by atoms with Crippen LogP contribution >= 0.6 is 0 Å². The zero-order chi connectivity index (χ0) is 25.1. The van der Waals surface area contributed by atoms with Crippen LogP contribution in [0.4, 0.5) is 10.1 Å². The third kappa shape index (κ3) is 5.27. The van der Waals surface area contributed by atoms with Crippen molar-refractivity contribution in [2.24, 2.45) is 5.92 Å². The Bertz CT molecular complexity index is 1250. The quantitative estimate of drug-likeness (QED) is 0.478. The zero-order valence-electron chi connectivity index (χ0n) is 20.5. The van der Waals surface area contributed by atoms with E-state index in [0.29, 0.717) is 18.0 Å². The first-order valence-corrected chi connectivity index (χ1v) is 12.7. The van der Waals surface area contributed by atoms with Crippen LogP contribution in [0.15, 0.2) is 66.7 Å². The Balaban J connectivity index is 1.38. The number of aryl methyl sites for hydroxylation is 1. The Morgan fingerprint density at radius 1 is 1.03 bits per heavy atom. The number of anilines is 1. The molecule has 0 unspecified atom stereocenters. The van der Waals surface area contributed by atoms with Gasteiger partial charge in [-0.3, -0.25) is 9.59 Å². The maximum atomic E-state index is 13.6. The van der Waals surface area contributed by atoms with E-state index in [0.717, 1.165) is 48.8 Å². The molecule has 1 atom stereocenters. The van der Waals surface area contributed by atoms with Crippen molar-refractivity contribution in [2.75, 3.05) is 18.5 Å². The van der Waals surface area contributed by atoms with Crippen LogP contribution in [0.3, 0.4) is 0 Å². The van der Waals surface area contributed by atoms with Gasteiger partial charge in [0.1, 0.15) is 11.6 Å². The molecule has 1 N–H and O–H groups in total. The number of fused-ring (bicyclic) bond motifs is 1. The number of ether oxygens (including phenoxy) is 1. The summed E-state index contributed by atoms with van der Waals surface area (Å²) in [6.45, 7) is 2.59. The predicted octanol–water partition coefficient (Wildman–Crippen LogP) is 5.82. The van der Waals surface area contributed by atoms with Gasteiger partial charge in [0.15, 0.2) is 6.61 Å². The van der Waals surface area contributed by atoms with E-state index >= 15 is 0 Å². The standard InChI is InChI=1S/C30H31FN2O3/c1-20-5-4-8-23(17-20)29-27-18-26(36-19-28(34)32-25-12-10-24(31)11-13-25)14-9-21(27)15-16-33(29)30(35)22-6-2-3-7-22/h4-5,8-14,17-18,22,29H,2-3,6-7,15-16,19H2,1H3,(H,32,34)/t29-/m1/s1. The highest BCUT2D eigenvalue weighted by atomic mass is 19.1. The SMILES string of the molecule is Cc1cccc([C@@H]2c3cc(OCC(=O)Nc4ccc(F)cc4)ccc3CCN2C(=O)C2CCCC2)c1. The Morgan fingerprint density at radius 3 is 2.56 bits per heavy atom. The molecule has 5 nitrogen and oxygen atoms in total. The highest BCUT2D eigenvalue weighted by molar-refractivity contribution is 5.91. The van der Waals surface area contributed by atoms with Gasteiger partial charge in [0, 0.05) is 18.2 Å². The number of hydrogen-bond donors (Lipinski definition) is 1. The molecule has 186 valence electrons. The van der Waals surface area contributed by atoms with Gasteiger partial charge >= 0.3 is 0 Å². The predicted molar refractivity (Wildman–Crippen MR) is 137 cm³/mol. The van der Waals surface area contributed by atoms with Crippen LogP contribution in [0.2, 0.25) is 0 Å². The van der Waals surface area contributed by atoms with E-state index in [1.807, 2.05) is 24.3 Å². The van der Waals surface area contributed by atoms with Gasteiger partial charge in [-0.15, -0.1) is 0 Å². The molecule has 3 aromatic carbocycles. The minimum absolute atomic E-state index is 0.105. The lowest BCUT2D eigenvalue weighted by atomic mass is 9.86. The summed E-state index contributed by atoms with van der Waals surface area (Å²) in [4.78, 5) is 28.0. The molecule has 3 aromatic rings. The molecule has 0 saturated heterocycles. The van der Waals surface area contributed by atoms with Crippen molar-refractivity contribution >= 4 is 17.5 Å². The number of benzene rings is 3. The van der Waals surface area contributed by atoms with E-state index in [9.17, 15) is 14.0 Å². The number of hydrogen-bond acceptors (Lipinski definition) is 3. The van der Waals surface area contributed by atoms with Crippen molar-refractivity contribution in [3.63, 3.8) is 0 Å². The zero-order valence-corrected chi connectivity index (χ0v) is 20.5. The van der Waals surface area contributed by atoms with Crippen LogP contribution in [0.1, 0.15) is 54.0 Å². The number of carbonyl (C=O) groups is 2. The van der Waals surface area contributed by atoms with E-state index in [1.165, 1.54) is 29.8 Å². The van der Waals surface area contributed by atoms with E-state index in [4.69, 9.17) is 4.74 Å². The van der Waals surface area contributed by atoms with Crippen LogP contribution in [0, 0.1) is 18.7 Å². The van der Waals surface area contributed by atoms with Crippen molar-refractivity contribution in [3.05, 3.63) is 94.8 Å². The Labute approximate surface area is 211 Å². The van der Waals surface area contributed by atoms with Crippen molar-refractivity contribution in [1.29, 1.82) is 0 Å². The van der Waals surface area contributed by atoms with Crippen LogP contribution in [-0.4, -0.2) is 29.9 Å². The molecule has 2 amide bonds. The van der Waals surface area contributed by atoms with E-state index in [1.54, 1.807) is 0 Å². The molecule has 1 aliphatic heterocycles. The molecule has 1 aliphatic carbocycles. The van der Waals surface area contributed by atoms with Crippen LogP contribution in [0.25, 0.3) is 0 Å². The number of nitrogens with zero attached hydrogens (tertiary/aromatic N) is 1. The lowest BCUT2D eigenvalue weighted by molar-refractivity contribution is -0.137. The average molecular weight is 487 g/mol. The van der Waals surface area contributed by atoms with Crippen molar-refractivity contribution in [1.82, 2.24) is 4.90 Å². The first kappa shape index (κ1) is 24.0. The van der Waals surface area contributed by atoms with Gasteiger partial charge in [0.05, 0.1) is 6.04 Å². The maximum Gasteiger partial charge on any atom is 0.262 e. The molecule has 0 aromatic heterocycles. The molecule has 0 spiro atoms. The maximum absolute atomic E-state index is 13.6. The molecule has 2 aliphatic rings. The molecule has 6 heteroatoms. The second-order valence-electron chi connectivity index (χ2n) is 9.78. The summed E-state index contributed by atoms with van der Waals surface area (Å²) in [5.74, 6) is 0.244. The summed E-state index contributed by atoms with van der Waals surface area (Å²) in [6.07, 6.45) is 4.97. The number of carbonyl (C=O) groups excluding carboxylic acids is 2. The Kier molecular flexibility index (Phi) is 7.03. The molecular weight excluding hydrogens is 455 g/mol. The Morgan fingerprint density at radius 2 is 1.81 bits per heavy atom. The summed E-state index contributed by atoms with van der Waals surface area (Å²) in [5, 5.41) is 2.71. The summed E-state index contributed by atoms with van der Waals surface area (Å²) >= 11 is 0. The first-order valence-electron chi connectivity index (χ1n) is 12.7. The van der Waals surface area contributed by atoms with Gasteiger partial charge in [-0.25, -0.2) is 4.39 Å². The fourth-order valence-electron chi connectivity index (χ4n) is 5.41. The summed E-state index contributed by atoms with van der Waals surface area (Å²) < 4.78 is 19.0. The average Bonchev–Trinajstić information content (AvgIpc) is 3.43. The minimum atomic E-state index is -0.359. The van der Waals surface area contributed by atoms with Crippen LogP contribution in [0.5, 0.6) is 5.75 Å². The monoisotopic (exact) mass is 486 g/mol. The van der Waals surface area contributed by atoms with E-state index < -0.39 is 0 Å². The summed E-state index contributed by atoms with van der Waals surface area (Å²) in [7, 11) is 0. The smallest absolute Gasteiger partial charge is 0.262 e. The van der Waals surface area contributed by atoms with Gasteiger partial charge in [-0.05, 0) is 79.3 Å². The molecule has 1 fully saturated rings. The number of nitrogens with one attached hydrogen (secondary N) is 1. The first-order chi connectivity index (χ1) is 17.5. The van der Waals surface area contributed by atoms with E-state index in [2.05, 4.69) is 35.3 Å². The van der Waals surface area contributed by atoms with Crippen LogP contribution in [-0.2, 0) is 16.0 Å². The molecule has 5 rings (SSSR count). The van der Waals surface area contributed by atoms with Crippen LogP contribution < -0.4 is 10.1 Å². The fraction of sp³-hybridized carbons (Fsp3) is 0.333. The normalized spacial score (nSPS) is 17.5. The lowest BCUT2D eigenvalue weighted by Gasteiger charge is -2.39. The topological polar surface area (TPSA) is 58.6 Å². The second kappa shape index (κ2) is 10.5. The molecule has 36 heavy (non-hydrogen) atoms. The number of rotatable bonds is 6. The molecule has 1 saturated carbocycles. The third-order valence-electron chi connectivity index (χ3n) is 7.19. The summed E-state index contributed by atoms with van der Waals surface area (Å²) in [5.41, 5.74) is 5.00. The van der Waals surface area contributed by atoms with Gasteiger partial charge in [-0.1, -0.05) is 48.7 Å². The minimum Gasteiger partial charge on any atom is -0.484 e. The fourth-order valence-corrected chi connectivity index (χ4v) is 5.41. The second-order valence-corrected chi connectivity index (χ2v) is 9.78.